The van der Waals surface area contributed by atoms with Crippen LogP contribution in [0.5, 0.6) is 0 Å². The molecule has 4 saturated carbocycles. The molecule has 1 N–H and O–H groups in total. The molecule has 0 saturated heterocycles. The van der Waals surface area contributed by atoms with E-state index in [1.165, 1.54) is 36.8 Å². The maximum atomic E-state index is 9.26. The van der Waals surface area contributed by atoms with Crippen molar-refractivity contribution in [2.45, 2.75) is 44.6 Å². The molecule has 4 aliphatic carbocycles. The van der Waals surface area contributed by atoms with Crippen LogP contribution in [0.1, 0.15) is 43.2 Å². The van der Waals surface area contributed by atoms with Gasteiger partial charge < -0.3 is 14.6 Å². The Morgan fingerprint density at radius 2 is 2.04 bits per heavy atom. The van der Waals surface area contributed by atoms with E-state index in [1.807, 2.05) is 7.11 Å². The Morgan fingerprint density at radius 1 is 1.20 bits per heavy atom. The molecule has 0 heterocycles. The highest BCUT2D eigenvalue weighted by Crippen LogP contribution is 2.79. The number of aliphatic hydroxyl groups is 1. The highest BCUT2D eigenvalue weighted by atomic mass is 16.5. The van der Waals surface area contributed by atoms with E-state index in [4.69, 9.17) is 9.47 Å². The third kappa shape index (κ3) is 1.94. The Kier molecular flexibility index (Phi) is 3.40. The Labute approximate surface area is 150 Å². The molecule has 3 bridgehead atoms. The Bertz CT molecular complexity index is 735. The number of ether oxygens (including phenoxy) is 2. The van der Waals surface area contributed by atoms with E-state index < -0.39 is 0 Å². The molecular weight excluding hydrogens is 312 g/mol. The fraction of sp³-hybridized carbons (Fsp3) is 0.636. The number of aliphatic hydroxyl groups excluding tert-OH is 1. The molecule has 5 unspecified atom stereocenters. The summed E-state index contributed by atoms with van der Waals surface area (Å²) in [5.74, 6) is 3.17. The fourth-order valence-electron chi connectivity index (χ4n) is 7.05. The van der Waals surface area contributed by atoms with Gasteiger partial charge in [0.25, 0.3) is 0 Å². The van der Waals surface area contributed by atoms with Crippen LogP contribution in [0.25, 0.3) is 5.76 Å². The van der Waals surface area contributed by atoms with Crippen molar-refractivity contribution < 1.29 is 14.6 Å². The smallest absolute Gasteiger partial charge is 0.125 e. The second-order valence-corrected chi connectivity index (χ2v) is 8.72. The van der Waals surface area contributed by atoms with Crippen molar-refractivity contribution in [1.82, 2.24) is 0 Å². The van der Waals surface area contributed by atoms with Crippen molar-refractivity contribution in [2.75, 3.05) is 20.3 Å². The first-order valence-corrected chi connectivity index (χ1v) is 9.72. The van der Waals surface area contributed by atoms with Crippen molar-refractivity contribution >= 4 is 5.76 Å². The normalized spacial score (nSPS) is 42.3. The molecule has 0 aromatic heterocycles. The molecule has 1 aromatic carbocycles. The molecule has 3 nitrogen and oxygen atoms in total. The van der Waals surface area contributed by atoms with E-state index >= 15 is 0 Å². The zero-order chi connectivity index (χ0) is 17.2. The molecule has 0 amide bonds. The van der Waals surface area contributed by atoms with Crippen molar-refractivity contribution in [3.05, 3.63) is 41.0 Å². The van der Waals surface area contributed by atoms with E-state index in [2.05, 4.69) is 31.2 Å². The van der Waals surface area contributed by atoms with E-state index in [9.17, 15) is 5.11 Å². The van der Waals surface area contributed by atoms with Gasteiger partial charge in [0, 0.05) is 11.0 Å². The summed E-state index contributed by atoms with van der Waals surface area (Å²) < 4.78 is 12.3. The van der Waals surface area contributed by atoms with Gasteiger partial charge in [-0.15, -0.1) is 0 Å². The molecule has 0 radical (unpaired) electrons. The predicted molar refractivity (Wildman–Crippen MR) is 96.9 cm³/mol. The molecule has 1 spiro atoms. The highest BCUT2D eigenvalue weighted by Gasteiger charge is 2.76. The molecule has 134 valence electrons. The maximum Gasteiger partial charge on any atom is 0.125 e. The third-order valence-corrected chi connectivity index (χ3v) is 7.73. The largest absolute Gasteiger partial charge is 0.496 e. The minimum atomic E-state index is 0.0347. The van der Waals surface area contributed by atoms with Crippen LogP contribution in [0.4, 0.5) is 0 Å². The quantitative estimate of drug-likeness (QED) is 0.825. The van der Waals surface area contributed by atoms with Crippen molar-refractivity contribution in [1.29, 1.82) is 0 Å². The van der Waals surface area contributed by atoms with Crippen LogP contribution in [0, 0.1) is 30.1 Å². The average molecular weight is 340 g/mol. The van der Waals surface area contributed by atoms with Crippen molar-refractivity contribution in [3.8, 4) is 0 Å². The standard InChI is InChI=1S/C22H28O3/c1-14-4-3-5-15(8-14)20(24-2)19-16-9-18-13-22(25-7-6-23)12-17(19)11-21(18,22)10-16/h3-5,8,16-18,23H,6-7,9-13H2,1-2H3. The number of benzene rings is 1. The summed E-state index contributed by atoms with van der Waals surface area (Å²) in [5.41, 5.74) is 4.49. The van der Waals surface area contributed by atoms with Gasteiger partial charge in [-0.3, -0.25) is 0 Å². The number of fused-ring (bicyclic) bond motifs is 2. The molecule has 5 atom stereocenters. The lowest BCUT2D eigenvalue weighted by molar-refractivity contribution is -0.215. The third-order valence-electron chi connectivity index (χ3n) is 7.73. The number of aryl methyl sites for hydroxylation is 1. The summed E-state index contributed by atoms with van der Waals surface area (Å²) in [6.07, 6.45) is 6.14. The zero-order valence-electron chi connectivity index (χ0n) is 15.3. The van der Waals surface area contributed by atoms with Gasteiger partial charge in [0.05, 0.1) is 25.9 Å². The molecule has 0 aliphatic heterocycles. The predicted octanol–water partition coefficient (Wildman–Crippen LogP) is 3.94. The maximum absolute atomic E-state index is 9.26. The summed E-state index contributed by atoms with van der Waals surface area (Å²) in [6, 6.07) is 8.70. The number of hydrogen-bond donors (Lipinski definition) is 1. The lowest BCUT2D eigenvalue weighted by atomic mass is 9.52. The number of methoxy groups -OCH3 is 1. The minimum absolute atomic E-state index is 0.0347. The van der Waals surface area contributed by atoms with Crippen LogP contribution in [-0.4, -0.2) is 31.0 Å². The zero-order valence-corrected chi connectivity index (χ0v) is 15.3. The molecular formula is C22H28O3. The summed E-state index contributed by atoms with van der Waals surface area (Å²) >= 11 is 0. The van der Waals surface area contributed by atoms with Gasteiger partial charge in [0.2, 0.25) is 0 Å². The van der Waals surface area contributed by atoms with Gasteiger partial charge in [0.1, 0.15) is 5.76 Å². The Morgan fingerprint density at radius 3 is 2.80 bits per heavy atom. The second kappa shape index (κ2) is 5.34. The lowest BCUT2D eigenvalue weighted by Gasteiger charge is -2.58. The number of allylic oxidation sites excluding steroid dienone is 1. The summed E-state index contributed by atoms with van der Waals surface area (Å²) in [6.45, 7) is 2.76. The molecule has 1 aromatic rings. The van der Waals surface area contributed by atoms with Gasteiger partial charge in [-0.1, -0.05) is 23.8 Å². The van der Waals surface area contributed by atoms with Crippen LogP contribution in [0.3, 0.4) is 0 Å². The monoisotopic (exact) mass is 340 g/mol. The minimum Gasteiger partial charge on any atom is -0.496 e. The number of rotatable bonds is 5. The molecule has 25 heavy (non-hydrogen) atoms. The van der Waals surface area contributed by atoms with Gasteiger partial charge in [0.15, 0.2) is 0 Å². The molecule has 3 heteroatoms. The van der Waals surface area contributed by atoms with Gasteiger partial charge >= 0.3 is 0 Å². The van der Waals surface area contributed by atoms with Crippen molar-refractivity contribution in [3.63, 3.8) is 0 Å². The first-order chi connectivity index (χ1) is 12.1. The van der Waals surface area contributed by atoms with Crippen LogP contribution in [-0.2, 0) is 9.47 Å². The van der Waals surface area contributed by atoms with E-state index in [-0.39, 0.29) is 12.2 Å². The fourth-order valence-corrected chi connectivity index (χ4v) is 7.05. The number of hydrogen-bond acceptors (Lipinski definition) is 3. The SMILES string of the molecule is COC(=C1C2CC3CC4(OCCO)CC1CC34C2)c1cccc(C)c1. The van der Waals surface area contributed by atoms with E-state index in [1.54, 1.807) is 5.57 Å². The van der Waals surface area contributed by atoms with Crippen LogP contribution < -0.4 is 0 Å². The lowest BCUT2D eigenvalue weighted by Crippen LogP contribution is -2.59. The van der Waals surface area contributed by atoms with Gasteiger partial charge in [-0.05, 0) is 68.4 Å². The summed E-state index contributed by atoms with van der Waals surface area (Å²) in [5, 5.41) is 9.26. The second-order valence-electron chi connectivity index (χ2n) is 8.72. The highest BCUT2D eigenvalue weighted by molar-refractivity contribution is 5.66. The van der Waals surface area contributed by atoms with Crippen molar-refractivity contribution in [2.24, 2.45) is 23.2 Å². The summed E-state index contributed by atoms with van der Waals surface area (Å²) in [7, 11) is 1.83. The first kappa shape index (κ1) is 15.9. The Hall–Kier alpha value is -1.32. The van der Waals surface area contributed by atoms with Crippen LogP contribution in [0.15, 0.2) is 29.8 Å². The van der Waals surface area contributed by atoms with Crippen LogP contribution >= 0.6 is 0 Å². The molecule has 4 fully saturated rings. The average Bonchev–Trinajstić information content (AvgIpc) is 2.96. The molecule has 4 aliphatic rings. The first-order valence-electron chi connectivity index (χ1n) is 9.72. The summed E-state index contributed by atoms with van der Waals surface area (Å²) in [4.78, 5) is 0. The van der Waals surface area contributed by atoms with E-state index in [0.717, 1.165) is 18.1 Å². The van der Waals surface area contributed by atoms with E-state index in [0.29, 0.717) is 23.9 Å². The van der Waals surface area contributed by atoms with Gasteiger partial charge in [-0.2, -0.15) is 0 Å². The Balaban J connectivity index is 1.57. The topological polar surface area (TPSA) is 38.7 Å². The van der Waals surface area contributed by atoms with Crippen LogP contribution in [0.2, 0.25) is 0 Å². The van der Waals surface area contributed by atoms with Gasteiger partial charge in [-0.25, -0.2) is 0 Å². The molecule has 5 rings (SSSR count).